The zero-order chi connectivity index (χ0) is 28.2. The zero-order valence-corrected chi connectivity index (χ0v) is 23.6. The zero-order valence-electron chi connectivity index (χ0n) is 23.6. The Bertz CT molecular complexity index is 1140. The molecule has 1 amide bonds. The van der Waals surface area contributed by atoms with Crippen LogP contribution in [0.1, 0.15) is 31.9 Å². The van der Waals surface area contributed by atoms with Crippen molar-refractivity contribution in [2.45, 2.75) is 52.3 Å². The van der Waals surface area contributed by atoms with E-state index in [2.05, 4.69) is 30.6 Å². The quantitative estimate of drug-likeness (QED) is 0.381. The van der Waals surface area contributed by atoms with Gasteiger partial charge in [-0.25, -0.2) is 20.2 Å². The van der Waals surface area contributed by atoms with Gasteiger partial charge >= 0.3 is 6.09 Å². The molecule has 2 aromatic rings. The number of aliphatic hydroxyl groups excluding tert-OH is 1. The molecule has 2 saturated heterocycles. The molecule has 0 bridgehead atoms. The first-order chi connectivity index (χ1) is 18.5. The van der Waals surface area contributed by atoms with Gasteiger partial charge in [0.2, 0.25) is 0 Å². The van der Waals surface area contributed by atoms with E-state index >= 15 is 0 Å². The molecular weight excluding hydrogens is 500 g/mol. The minimum atomic E-state index is -0.584. The summed E-state index contributed by atoms with van der Waals surface area (Å²) in [5.41, 5.74) is 12.4. The van der Waals surface area contributed by atoms with Crippen molar-refractivity contribution >= 4 is 29.1 Å². The minimum Gasteiger partial charge on any atom is -0.444 e. The number of nitrogens with zero attached hydrogens (tertiary/aromatic N) is 5. The lowest BCUT2D eigenvalue weighted by Crippen LogP contribution is -2.57. The summed E-state index contributed by atoms with van der Waals surface area (Å²) < 4.78 is 5.52. The van der Waals surface area contributed by atoms with Crippen molar-refractivity contribution in [3.05, 3.63) is 35.7 Å². The summed E-state index contributed by atoms with van der Waals surface area (Å²) in [6, 6.07) is 3.62. The van der Waals surface area contributed by atoms with Crippen LogP contribution in [0.5, 0.6) is 0 Å². The van der Waals surface area contributed by atoms with Crippen LogP contribution in [0.15, 0.2) is 24.5 Å². The fourth-order valence-corrected chi connectivity index (χ4v) is 5.00. The highest BCUT2D eigenvalue weighted by molar-refractivity contribution is 5.69. The van der Waals surface area contributed by atoms with Crippen molar-refractivity contribution in [1.29, 1.82) is 0 Å². The SMILES string of the molecule is Cc1cc(N)ncc1N1CCN[C@@H](CONc2cc(C)c(N3CCN(C(=O)OC(C)(C)C)[C@@H](CO)C3)cn2)C1. The van der Waals surface area contributed by atoms with Gasteiger partial charge in [-0.2, -0.15) is 0 Å². The Labute approximate surface area is 230 Å². The molecule has 12 heteroatoms. The first kappa shape index (κ1) is 28.7. The number of carbonyl (C=O) groups is 1. The summed E-state index contributed by atoms with van der Waals surface area (Å²) >= 11 is 0. The summed E-state index contributed by atoms with van der Waals surface area (Å²) in [6.45, 7) is 14.0. The van der Waals surface area contributed by atoms with E-state index in [1.165, 1.54) is 0 Å². The molecule has 4 heterocycles. The van der Waals surface area contributed by atoms with Crippen LogP contribution in [0.4, 0.5) is 27.8 Å². The van der Waals surface area contributed by atoms with Gasteiger partial charge in [-0.1, -0.05) is 0 Å². The number of hydrogen-bond acceptors (Lipinski definition) is 11. The Kier molecular flexibility index (Phi) is 8.98. The summed E-state index contributed by atoms with van der Waals surface area (Å²) in [7, 11) is 0. The molecule has 2 aliphatic rings. The van der Waals surface area contributed by atoms with Gasteiger partial charge in [-0.3, -0.25) is 9.74 Å². The monoisotopic (exact) mass is 542 g/mol. The highest BCUT2D eigenvalue weighted by Gasteiger charge is 2.33. The van der Waals surface area contributed by atoms with E-state index in [1.54, 1.807) is 11.1 Å². The van der Waals surface area contributed by atoms with E-state index in [4.69, 9.17) is 15.3 Å². The molecule has 4 rings (SSSR count). The number of hydrogen-bond donors (Lipinski definition) is 4. The largest absolute Gasteiger partial charge is 0.444 e. The van der Waals surface area contributed by atoms with Gasteiger partial charge in [0.15, 0.2) is 0 Å². The molecule has 2 atom stereocenters. The van der Waals surface area contributed by atoms with E-state index in [0.29, 0.717) is 37.9 Å². The van der Waals surface area contributed by atoms with Gasteiger partial charge in [-0.05, 0) is 57.9 Å². The molecule has 0 spiro atoms. The van der Waals surface area contributed by atoms with Crippen LogP contribution in [-0.2, 0) is 9.57 Å². The number of nitrogens with two attached hydrogens (primary N) is 1. The van der Waals surface area contributed by atoms with Gasteiger partial charge in [0.05, 0.1) is 49.1 Å². The van der Waals surface area contributed by atoms with Gasteiger partial charge in [0, 0.05) is 39.3 Å². The number of anilines is 4. The van der Waals surface area contributed by atoms with Crippen LogP contribution in [0.25, 0.3) is 0 Å². The molecule has 0 aliphatic carbocycles. The maximum absolute atomic E-state index is 12.6. The number of aryl methyl sites for hydroxylation is 2. The van der Waals surface area contributed by atoms with Crippen LogP contribution in [0, 0.1) is 13.8 Å². The molecule has 2 fully saturated rings. The number of aliphatic hydroxyl groups is 1. The average Bonchev–Trinajstić information content (AvgIpc) is 2.87. The number of nitrogens with one attached hydrogen (secondary N) is 2. The lowest BCUT2D eigenvalue weighted by molar-refractivity contribution is 0.00703. The molecule has 39 heavy (non-hydrogen) atoms. The van der Waals surface area contributed by atoms with Crippen molar-refractivity contribution in [2.75, 3.05) is 73.5 Å². The number of amides is 1. The fourth-order valence-electron chi connectivity index (χ4n) is 5.00. The van der Waals surface area contributed by atoms with Gasteiger partial charge in [0.25, 0.3) is 0 Å². The Morgan fingerprint density at radius 2 is 1.79 bits per heavy atom. The molecule has 0 radical (unpaired) electrons. The third kappa shape index (κ3) is 7.40. The fraction of sp³-hybridized carbons (Fsp3) is 0.593. The number of pyridine rings is 2. The number of aromatic nitrogens is 2. The first-order valence-electron chi connectivity index (χ1n) is 13.4. The standard InChI is InChI=1S/C27H42N8O4/c1-18-10-24(28)30-12-22(18)33-7-6-29-20(14-33)17-38-32-25-11-19(2)23(13-31-25)34-8-9-35(21(15-34)16-36)26(37)39-27(3,4)5/h10-13,20-21,29,36H,6-9,14-17H2,1-5H3,(H2,28,30)(H,31,32)/t20-,21-/m1/s1. The highest BCUT2D eigenvalue weighted by atomic mass is 16.6. The van der Waals surface area contributed by atoms with Crippen molar-refractivity contribution in [3.63, 3.8) is 0 Å². The molecule has 12 nitrogen and oxygen atoms in total. The molecule has 2 aromatic heterocycles. The molecular formula is C27H42N8O4. The Hall–Kier alpha value is -3.35. The van der Waals surface area contributed by atoms with Crippen molar-refractivity contribution in [3.8, 4) is 0 Å². The number of ether oxygens (including phenoxy) is 1. The Morgan fingerprint density at radius 3 is 2.46 bits per heavy atom. The Morgan fingerprint density at radius 1 is 1.10 bits per heavy atom. The lowest BCUT2D eigenvalue weighted by Gasteiger charge is -2.42. The summed E-state index contributed by atoms with van der Waals surface area (Å²) in [4.78, 5) is 33.2. The predicted octanol–water partition coefficient (Wildman–Crippen LogP) is 1.92. The van der Waals surface area contributed by atoms with Crippen molar-refractivity contribution < 1.29 is 19.5 Å². The van der Waals surface area contributed by atoms with Crippen LogP contribution in [-0.4, -0.2) is 96.2 Å². The topological polar surface area (TPSA) is 141 Å². The summed E-state index contributed by atoms with van der Waals surface area (Å²) in [5.74, 6) is 1.15. The molecule has 0 aromatic carbocycles. The van der Waals surface area contributed by atoms with Gasteiger partial charge in [-0.15, -0.1) is 0 Å². The maximum Gasteiger partial charge on any atom is 0.410 e. The van der Waals surface area contributed by atoms with Gasteiger partial charge in [0.1, 0.15) is 17.2 Å². The minimum absolute atomic E-state index is 0.139. The predicted molar refractivity (Wildman–Crippen MR) is 152 cm³/mol. The molecule has 2 aliphatic heterocycles. The maximum atomic E-state index is 12.6. The molecule has 5 N–H and O–H groups in total. The number of nitrogen functional groups attached to an aromatic ring is 1. The number of carbonyl (C=O) groups excluding carboxylic acids is 1. The van der Waals surface area contributed by atoms with E-state index in [9.17, 15) is 9.90 Å². The van der Waals surface area contributed by atoms with E-state index < -0.39 is 11.7 Å². The van der Waals surface area contributed by atoms with E-state index in [1.807, 2.05) is 52.9 Å². The van der Waals surface area contributed by atoms with Crippen LogP contribution >= 0.6 is 0 Å². The summed E-state index contributed by atoms with van der Waals surface area (Å²) in [5, 5.41) is 13.5. The second-order valence-electron chi connectivity index (χ2n) is 11.2. The highest BCUT2D eigenvalue weighted by Crippen LogP contribution is 2.26. The molecule has 0 saturated carbocycles. The molecule has 0 unspecified atom stereocenters. The smallest absolute Gasteiger partial charge is 0.410 e. The second-order valence-corrected chi connectivity index (χ2v) is 11.2. The lowest BCUT2D eigenvalue weighted by atomic mass is 10.1. The van der Waals surface area contributed by atoms with Crippen LogP contribution in [0.3, 0.4) is 0 Å². The van der Waals surface area contributed by atoms with Crippen molar-refractivity contribution in [2.24, 2.45) is 0 Å². The second kappa shape index (κ2) is 12.2. The van der Waals surface area contributed by atoms with E-state index in [0.717, 1.165) is 42.1 Å². The Balaban J connectivity index is 1.29. The normalized spacial score (nSPS) is 20.2. The third-order valence-corrected chi connectivity index (χ3v) is 6.91. The molecule has 214 valence electrons. The number of piperazine rings is 2. The number of rotatable bonds is 7. The van der Waals surface area contributed by atoms with Crippen LogP contribution in [0.2, 0.25) is 0 Å². The summed E-state index contributed by atoms with van der Waals surface area (Å²) in [6.07, 6.45) is 3.24. The van der Waals surface area contributed by atoms with Crippen molar-refractivity contribution in [1.82, 2.24) is 20.2 Å². The average molecular weight is 543 g/mol. The first-order valence-corrected chi connectivity index (χ1v) is 13.4. The third-order valence-electron chi connectivity index (χ3n) is 6.91. The van der Waals surface area contributed by atoms with Gasteiger partial charge < -0.3 is 30.7 Å². The van der Waals surface area contributed by atoms with E-state index in [-0.39, 0.29) is 18.7 Å². The van der Waals surface area contributed by atoms with Crippen LogP contribution < -0.4 is 26.3 Å².